The number of hydrogen-bond acceptors (Lipinski definition) is 6. The highest BCUT2D eigenvalue weighted by Gasteiger charge is 2.26. The minimum atomic E-state index is -3.89. The minimum Gasteiger partial charge on any atom is -0.497 e. The van der Waals surface area contributed by atoms with Crippen LogP contribution in [0, 0.1) is 0 Å². The van der Waals surface area contributed by atoms with Crippen LogP contribution in [0.15, 0.2) is 47.4 Å². The van der Waals surface area contributed by atoms with E-state index in [1.54, 1.807) is 31.3 Å². The van der Waals surface area contributed by atoms with E-state index in [1.165, 1.54) is 51.5 Å². The summed E-state index contributed by atoms with van der Waals surface area (Å²) in [6, 6.07) is 11.2. The van der Waals surface area contributed by atoms with Gasteiger partial charge >= 0.3 is 0 Å². The molecule has 0 radical (unpaired) electrons. The average molecular weight is 408 g/mol. The van der Waals surface area contributed by atoms with E-state index in [2.05, 4.69) is 0 Å². The summed E-state index contributed by atoms with van der Waals surface area (Å²) in [6.07, 6.45) is 0. The number of amides is 1. The summed E-state index contributed by atoms with van der Waals surface area (Å²) in [4.78, 5) is 14.0. The number of anilines is 1. The lowest BCUT2D eigenvalue weighted by Gasteiger charge is -2.22. The number of carbonyl (C=O) groups excluding carboxylic acids is 1. The molecule has 2 aromatic rings. The molecule has 8 nitrogen and oxygen atoms in total. The maximum atomic E-state index is 12.8. The van der Waals surface area contributed by atoms with Gasteiger partial charge in [0.25, 0.3) is 0 Å². The van der Waals surface area contributed by atoms with Crippen molar-refractivity contribution >= 4 is 21.6 Å². The highest BCUT2D eigenvalue weighted by molar-refractivity contribution is 7.89. The van der Waals surface area contributed by atoms with Crippen molar-refractivity contribution < 1.29 is 27.4 Å². The number of hydrogen-bond donors (Lipinski definition) is 0. The molecule has 0 fully saturated rings. The Labute approximate surface area is 165 Å². The minimum absolute atomic E-state index is 0.00415. The molecule has 152 valence electrons. The number of likely N-dealkylation sites (N-methyl/N-ethyl adjacent to an activating group) is 2. The lowest BCUT2D eigenvalue weighted by atomic mass is 10.2. The van der Waals surface area contributed by atoms with Crippen LogP contribution in [0.25, 0.3) is 0 Å². The van der Waals surface area contributed by atoms with Gasteiger partial charge in [0.2, 0.25) is 15.9 Å². The van der Waals surface area contributed by atoms with Crippen molar-refractivity contribution in [1.82, 2.24) is 4.31 Å². The molecule has 0 bridgehead atoms. The first-order valence-electron chi connectivity index (χ1n) is 8.33. The molecule has 0 saturated heterocycles. The smallest absolute Gasteiger partial charge is 0.243 e. The number of carbonyl (C=O) groups is 1. The van der Waals surface area contributed by atoms with Crippen LogP contribution in [0.5, 0.6) is 17.2 Å². The zero-order valence-corrected chi connectivity index (χ0v) is 17.3. The van der Waals surface area contributed by atoms with E-state index in [4.69, 9.17) is 14.2 Å². The molecule has 0 unspecified atom stereocenters. The lowest BCUT2D eigenvalue weighted by Crippen LogP contribution is -2.39. The molecular weight excluding hydrogens is 384 g/mol. The van der Waals surface area contributed by atoms with Crippen LogP contribution in [0.1, 0.15) is 0 Å². The predicted octanol–water partition coefficient (Wildman–Crippen LogP) is 2.00. The van der Waals surface area contributed by atoms with Gasteiger partial charge in [-0.25, -0.2) is 8.42 Å². The molecule has 0 atom stereocenters. The van der Waals surface area contributed by atoms with Crippen LogP contribution in [-0.4, -0.2) is 60.6 Å². The summed E-state index contributed by atoms with van der Waals surface area (Å²) in [5.74, 6) is 0.915. The second-order valence-electron chi connectivity index (χ2n) is 5.93. The fourth-order valence-electron chi connectivity index (χ4n) is 2.50. The molecule has 9 heteroatoms. The molecule has 1 amide bonds. The lowest BCUT2D eigenvalue weighted by molar-refractivity contribution is -0.118. The van der Waals surface area contributed by atoms with Gasteiger partial charge < -0.3 is 19.1 Å². The Morgan fingerprint density at radius 3 is 2.21 bits per heavy atom. The van der Waals surface area contributed by atoms with Gasteiger partial charge in [-0.05, 0) is 24.3 Å². The second-order valence-corrected chi connectivity index (χ2v) is 7.98. The fraction of sp³-hybridized carbons (Fsp3) is 0.316. The fourth-order valence-corrected chi connectivity index (χ4v) is 3.64. The summed E-state index contributed by atoms with van der Waals surface area (Å²) in [5, 5.41) is 0. The molecule has 0 N–H and O–H groups in total. The van der Waals surface area contributed by atoms with Crippen LogP contribution in [0.4, 0.5) is 5.69 Å². The zero-order valence-electron chi connectivity index (χ0n) is 16.5. The van der Waals surface area contributed by atoms with Crippen LogP contribution in [0.2, 0.25) is 0 Å². The number of methoxy groups -OCH3 is 3. The largest absolute Gasteiger partial charge is 0.497 e. The van der Waals surface area contributed by atoms with Gasteiger partial charge in [-0.2, -0.15) is 4.31 Å². The maximum Gasteiger partial charge on any atom is 0.243 e. The molecular formula is C19H24N2O6S. The number of benzene rings is 2. The normalized spacial score (nSPS) is 11.2. The van der Waals surface area contributed by atoms with Gasteiger partial charge in [0, 0.05) is 31.9 Å². The van der Waals surface area contributed by atoms with Gasteiger partial charge in [-0.3, -0.25) is 4.79 Å². The molecule has 0 heterocycles. The topological polar surface area (TPSA) is 85.4 Å². The molecule has 0 aliphatic heterocycles. The molecule has 2 rings (SSSR count). The summed E-state index contributed by atoms with van der Waals surface area (Å²) >= 11 is 0. The van der Waals surface area contributed by atoms with E-state index in [0.717, 1.165) is 4.31 Å². The molecule has 0 aliphatic carbocycles. The third-order valence-corrected chi connectivity index (χ3v) is 6.04. The Bertz CT molecular complexity index is 945. The van der Waals surface area contributed by atoms with Crippen molar-refractivity contribution in [2.45, 2.75) is 4.90 Å². The average Bonchev–Trinajstić information content (AvgIpc) is 2.72. The SMILES string of the molecule is COc1cccc(N(C)C(=O)CN(C)S(=O)(=O)c2ccc(OC)c(OC)c2)c1. The summed E-state index contributed by atoms with van der Waals surface area (Å²) in [5.41, 5.74) is 0.598. The van der Waals surface area contributed by atoms with E-state index in [-0.39, 0.29) is 23.1 Å². The number of nitrogens with zero attached hydrogens (tertiary/aromatic N) is 2. The van der Waals surface area contributed by atoms with Crippen LogP contribution in [0.3, 0.4) is 0 Å². The van der Waals surface area contributed by atoms with Crippen LogP contribution in [-0.2, 0) is 14.8 Å². The molecule has 2 aromatic carbocycles. The number of rotatable bonds is 8. The monoisotopic (exact) mass is 408 g/mol. The van der Waals surface area contributed by atoms with Gasteiger partial charge in [-0.1, -0.05) is 6.07 Å². The number of sulfonamides is 1. The van der Waals surface area contributed by atoms with Crippen LogP contribution < -0.4 is 19.1 Å². The molecule has 0 saturated carbocycles. The van der Waals surface area contributed by atoms with E-state index in [1.807, 2.05) is 0 Å². The van der Waals surface area contributed by atoms with E-state index >= 15 is 0 Å². The Morgan fingerprint density at radius 2 is 1.61 bits per heavy atom. The van der Waals surface area contributed by atoms with Gasteiger partial charge in [-0.15, -0.1) is 0 Å². The molecule has 28 heavy (non-hydrogen) atoms. The summed E-state index contributed by atoms with van der Waals surface area (Å²) < 4.78 is 42.1. The third-order valence-electron chi connectivity index (χ3n) is 4.24. The van der Waals surface area contributed by atoms with Crippen molar-refractivity contribution in [2.75, 3.05) is 46.9 Å². The van der Waals surface area contributed by atoms with Gasteiger partial charge in [0.05, 0.1) is 32.8 Å². The Kier molecular flexibility index (Phi) is 6.87. The summed E-state index contributed by atoms with van der Waals surface area (Å²) in [6.45, 7) is -0.329. The molecule has 0 aliphatic rings. The van der Waals surface area contributed by atoms with Crippen molar-refractivity contribution in [2.24, 2.45) is 0 Å². The maximum absolute atomic E-state index is 12.8. The Balaban J connectivity index is 2.20. The quantitative estimate of drug-likeness (QED) is 0.664. The number of ether oxygens (including phenoxy) is 3. The van der Waals surface area contributed by atoms with Gasteiger partial charge in [0.15, 0.2) is 11.5 Å². The van der Waals surface area contributed by atoms with E-state index in [9.17, 15) is 13.2 Å². The first kappa shape index (κ1) is 21.5. The predicted molar refractivity (Wildman–Crippen MR) is 106 cm³/mol. The highest BCUT2D eigenvalue weighted by Crippen LogP contribution is 2.30. The van der Waals surface area contributed by atoms with Crippen molar-refractivity contribution in [1.29, 1.82) is 0 Å². The summed E-state index contributed by atoms with van der Waals surface area (Å²) in [7, 11) is 3.45. The Morgan fingerprint density at radius 1 is 0.929 bits per heavy atom. The van der Waals surface area contributed by atoms with Crippen molar-refractivity contribution in [3.05, 3.63) is 42.5 Å². The van der Waals surface area contributed by atoms with E-state index in [0.29, 0.717) is 17.2 Å². The first-order valence-corrected chi connectivity index (χ1v) is 9.77. The highest BCUT2D eigenvalue weighted by atomic mass is 32.2. The Hall–Kier alpha value is -2.78. The molecule has 0 spiro atoms. The first-order chi connectivity index (χ1) is 13.2. The van der Waals surface area contributed by atoms with Gasteiger partial charge in [0.1, 0.15) is 5.75 Å². The second kappa shape index (κ2) is 8.94. The standard InChI is InChI=1S/C19H24N2O6S/c1-20(13-19(22)21(2)14-7-6-8-15(11-14)25-3)28(23,24)16-9-10-17(26-4)18(12-16)27-5/h6-12H,13H2,1-5H3. The van der Waals surface area contributed by atoms with Crippen LogP contribution >= 0.6 is 0 Å². The molecule has 0 aromatic heterocycles. The zero-order chi connectivity index (χ0) is 20.9. The third kappa shape index (κ3) is 4.55. The van der Waals surface area contributed by atoms with Crippen molar-refractivity contribution in [3.63, 3.8) is 0 Å². The van der Waals surface area contributed by atoms with Crippen molar-refractivity contribution in [3.8, 4) is 17.2 Å². The van der Waals surface area contributed by atoms with E-state index < -0.39 is 10.0 Å².